The van der Waals surface area contributed by atoms with Crippen molar-refractivity contribution in [3.05, 3.63) is 18.2 Å². The van der Waals surface area contributed by atoms with Crippen LogP contribution in [0.25, 0.3) is 0 Å². The molecule has 3 N–H and O–H groups in total. The highest BCUT2D eigenvalue weighted by Gasteiger charge is 2.19. The standard InChI is InChI=1S/C11H17N3O4/c1-11(2,3)18-10(17)14-5-7(13-6-14)4-8(12)9(15)16/h5-6,8H,4,12H2,1-3H3,(H,15,16)/t8-/m1/s1. The molecule has 0 aliphatic heterocycles. The van der Waals surface area contributed by atoms with Crippen molar-refractivity contribution in [3.63, 3.8) is 0 Å². The lowest BCUT2D eigenvalue weighted by atomic mass is 10.2. The number of nitrogens with two attached hydrogens (primary N) is 1. The second-order valence-corrected chi connectivity index (χ2v) is 4.90. The number of ether oxygens (including phenoxy) is 1. The van der Waals surface area contributed by atoms with Crippen molar-refractivity contribution in [3.8, 4) is 0 Å². The van der Waals surface area contributed by atoms with Gasteiger partial charge in [0.25, 0.3) is 0 Å². The van der Waals surface area contributed by atoms with E-state index in [0.717, 1.165) is 4.57 Å². The molecule has 1 heterocycles. The smallest absolute Gasteiger partial charge is 0.419 e. The molecule has 1 atom stereocenters. The number of rotatable bonds is 3. The summed E-state index contributed by atoms with van der Waals surface area (Å²) in [7, 11) is 0. The van der Waals surface area contributed by atoms with Crippen molar-refractivity contribution < 1.29 is 19.4 Å². The summed E-state index contributed by atoms with van der Waals surface area (Å²) in [5, 5.41) is 8.66. The van der Waals surface area contributed by atoms with Crippen molar-refractivity contribution >= 4 is 12.1 Å². The van der Waals surface area contributed by atoms with Crippen molar-refractivity contribution in [1.82, 2.24) is 9.55 Å². The molecule has 0 saturated carbocycles. The summed E-state index contributed by atoms with van der Waals surface area (Å²) in [6.45, 7) is 5.26. The third-order valence-corrected chi connectivity index (χ3v) is 1.99. The van der Waals surface area contributed by atoms with Crippen molar-refractivity contribution in [1.29, 1.82) is 0 Å². The van der Waals surface area contributed by atoms with E-state index in [-0.39, 0.29) is 6.42 Å². The maximum atomic E-state index is 11.6. The molecule has 0 saturated heterocycles. The van der Waals surface area contributed by atoms with Crippen LogP contribution in [-0.2, 0) is 16.0 Å². The predicted octanol–water partition coefficient (Wildman–Crippen LogP) is 0.621. The third kappa shape index (κ3) is 4.17. The number of hydrogen-bond donors (Lipinski definition) is 2. The zero-order valence-corrected chi connectivity index (χ0v) is 10.6. The molecule has 0 fully saturated rings. The third-order valence-electron chi connectivity index (χ3n) is 1.99. The van der Waals surface area contributed by atoms with Crippen LogP contribution in [0.3, 0.4) is 0 Å². The SMILES string of the molecule is CC(C)(C)OC(=O)n1cnc(C[C@@H](N)C(=O)O)c1. The summed E-state index contributed by atoms with van der Waals surface area (Å²) in [4.78, 5) is 26.1. The zero-order valence-electron chi connectivity index (χ0n) is 10.6. The van der Waals surface area contributed by atoms with E-state index in [2.05, 4.69) is 4.98 Å². The van der Waals surface area contributed by atoms with Crippen LogP contribution >= 0.6 is 0 Å². The summed E-state index contributed by atoms with van der Waals surface area (Å²) >= 11 is 0. The Morgan fingerprint density at radius 2 is 2.17 bits per heavy atom. The van der Waals surface area contributed by atoms with Crippen LogP contribution in [0.5, 0.6) is 0 Å². The van der Waals surface area contributed by atoms with Gasteiger partial charge in [-0.15, -0.1) is 0 Å². The van der Waals surface area contributed by atoms with E-state index < -0.39 is 23.7 Å². The topological polar surface area (TPSA) is 107 Å². The molecular formula is C11H17N3O4. The Morgan fingerprint density at radius 3 is 2.67 bits per heavy atom. The molecule has 0 aliphatic rings. The number of aromatic nitrogens is 2. The number of carboxylic acids is 1. The highest BCUT2D eigenvalue weighted by atomic mass is 16.6. The van der Waals surface area contributed by atoms with Crippen LogP contribution in [0, 0.1) is 0 Å². The number of carbonyl (C=O) groups excluding carboxylic acids is 1. The number of carboxylic acid groups (broad SMARTS) is 1. The summed E-state index contributed by atoms with van der Waals surface area (Å²) in [6, 6.07) is -1.04. The van der Waals surface area contributed by atoms with E-state index in [0.29, 0.717) is 5.69 Å². The fraction of sp³-hybridized carbons (Fsp3) is 0.545. The van der Waals surface area contributed by atoms with Crippen LogP contribution in [0.15, 0.2) is 12.5 Å². The highest BCUT2D eigenvalue weighted by molar-refractivity contribution is 5.73. The molecule has 0 bridgehead atoms. The van der Waals surface area contributed by atoms with Gasteiger partial charge in [0.1, 0.15) is 18.0 Å². The molecule has 0 amide bonds. The Hall–Kier alpha value is -1.89. The first-order valence-electron chi connectivity index (χ1n) is 5.43. The van der Waals surface area contributed by atoms with Gasteiger partial charge in [-0.3, -0.25) is 4.79 Å². The highest BCUT2D eigenvalue weighted by Crippen LogP contribution is 2.09. The lowest BCUT2D eigenvalue weighted by molar-refractivity contribution is -0.138. The van der Waals surface area contributed by atoms with E-state index >= 15 is 0 Å². The van der Waals surface area contributed by atoms with Gasteiger partial charge in [-0.1, -0.05) is 0 Å². The van der Waals surface area contributed by atoms with Gasteiger partial charge >= 0.3 is 12.1 Å². The minimum atomic E-state index is -1.11. The van der Waals surface area contributed by atoms with Gasteiger partial charge in [0.15, 0.2) is 0 Å². The maximum absolute atomic E-state index is 11.6. The number of hydrogen-bond acceptors (Lipinski definition) is 5. The van der Waals surface area contributed by atoms with Crippen molar-refractivity contribution in [2.75, 3.05) is 0 Å². The van der Waals surface area contributed by atoms with Crippen LogP contribution in [0.1, 0.15) is 26.5 Å². The van der Waals surface area contributed by atoms with E-state index in [4.69, 9.17) is 15.6 Å². The first-order valence-corrected chi connectivity index (χ1v) is 5.43. The molecule has 1 rings (SSSR count). The molecule has 1 aromatic heterocycles. The Balaban J connectivity index is 2.69. The van der Waals surface area contributed by atoms with Gasteiger partial charge in [0, 0.05) is 12.6 Å². The van der Waals surface area contributed by atoms with Crippen LogP contribution in [0.4, 0.5) is 4.79 Å². The second-order valence-electron chi connectivity index (χ2n) is 4.90. The Bertz CT molecular complexity index is 447. The first kappa shape index (κ1) is 14.2. The second kappa shape index (κ2) is 5.18. The monoisotopic (exact) mass is 255 g/mol. The molecule has 0 spiro atoms. The molecule has 100 valence electrons. The normalized spacial score (nSPS) is 13.1. The molecule has 7 nitrogen and oxygen atoms in total. The molecule has 0 radical (unpaired) electrons. The summed E-state index contributed by atoms with van der Waals surface area (Å²) in [5.74, 6) is -1.11. The summed E-state index contributed by atoms with van der Waals surface area (Å²) in [6.07, 6.45) is 2.19. The molecule has 0 aromatic carbocycles. The Labute approximate surface area is 105 Å². The van der Waals surface area contributed by atoms with Gasteiger partial charge in [-0.25, -0.2) is 14.3 Å². The van der Waals surface area contributed by atoms with Crippen molar-refractivity contribution in [2.24, 2.45) is 5.73 Å². The molecular weight excluding hydrogens is 238 g/mol. The summed E-state index contributed by atoms with van der Waals surface area (Å²) in [5.41, 5.74) is 5.20. The fourth-order valence-corrected chi connectivity index (χ4v) is 1.20. The molecule has 0 unspecified atom stereocenters. The number of carbonyl (C=O) groups is 2. The van der Waals surface area contributed by atoms with E-state index in [9.17, 15) is 9.59 Å². The molecule has 18 heavy (non-hydrogen) atoms. The molecule has 7 heteroatoms. The first-order chi connectivity index (χ1) is 8.19. The quantitative estimate of drug-likeness (QED) is 0.819. The average Bonchev–Trinajstić information content (AvgIpc) is 2.63. The predicted molar refractivity (Wildman–Crippen MR) is 63.2 cm³/mol. The van der Waals surface area contributed by atoms with E-state index in [1.165, 1.54) is 12.5 Å². The van der Waals surface area contributed by atoms with Gasteiger partial charge in [0.05, 0.1) is 5.69 Å². The number of nitrogens with zero attached hydrogens (tertiary/aromatic N) is 2. The number of imidazole rings is 1. The molecule has 1 aromatic rings. The Kier molecular flexibility index (Phi) is 4.07. The van der Waals surface area contributed by atoms with Crippen LogP contribution < -0.4 is 5.73 Å². The summed E-state index contributed by atoms with van der Waals surface area (Å²) < 4.78 is 6.29. The average molecular weight is 255 g/mol. The van der Waals surface area contributed by atoms with Gasteiger partial charge < -0.3 is 15.6 Å². The Morgan fingerprint density at radius 1 is 1.56 bits per heavy atom. The zero-order chi connectivity index (χ0) is 13.9. The fourth-order valence-electron chi connectivity index (χ4n) is 1.20. The van der Waals surface area contributed by atoms with Crippen LogP contribution in [-0.4, -0.2) is 38.4 Å². The maximum Gasteiger partial charge on any atom is 0.419 e. The molecule has 0 aliphatic carbocycles. The van der Waals surface area contributed by atoms with Gasteiger partial charge in [0.2, 0.25) is 0 Å². The van der Waals surface area contributed by atoms with Gasteiger partial charge in [-0.05, 0) is 20.8 Å². The van der Waals surface area contributed by atoms with Crippen LogP contribution in [0.2, 0.25) is 0 Å². The minimum absolute atomic E-state index is 0.0606. The van der Waals surface area contributed by atoms with Crippen molar-refractivity contribution in [2.45, 2.75) is 38.8 Å². The lowest BCUT2D eigenvalue weighted by Gasteiger charge is -2.19. The van der Waals surface area contributed by atoms with Gasteiger partial charge in [-0.2, -0.15) is 0 Å². The minimum Gasteiger partial charge on any atom is -0.480 e. The van der Waals surface area contributed by atoms with E-state index in [1.54, 1.807) is 20.8 Å². The number of aliphatic carboxylic acids is 1. The lowest BCUT2D eigenvalue weighted by Crippen LogP contribution is -2.32. The largest absolute Gasteiger partial charge is 0.480 e. The van der Waals surface area contributed by atoms with E-state index in [1.807, 2.05) is 0 Å².